The van der Waals surface area contributed by atoms with Gasteiger partial charge in [-0.15, -0.1) is 0 Å². The molecule has 1 aliphatic heterocycles. The van der Waals surface area contributed by atoms with E-state index in [-0.39, 0.29) is 0 Å². The second kappa shape index (κ2) is 6.44. The summed E-state index contributed by atoms with van der Waals surface area (Å²) in [6.45, 7) is 4.98. The Kier molecular flexibility index (Phi) is 5.19. The van der Waals surface area contributed by atoms with Crippen molar-refractivity contribution in [2.45, 2.75) is 56.4 Å². The van der Waals surface area contributed by atoms with Gasteiger partial charge in [0.25, 0.3) is 0 Å². The summed E-state index contributed by atoms with van der Waals surface area (Å²) in [5.41, 5.74) is 0. The normalized spacial score (nSPS) is 34.1. The smallest absolute Gasteiger partial charge is 0.0198 e. The lowest BCUT2D eigenvalue weighted by Crippen LogP contribution is -2.46. The third-order valence-electron chi connectivity index (χ3n) is 4.70. The fraction of sp³-hybridized carbons (Fsp3) is 1.00. The van der Waals surface area contributed by atoms with Crippen molar-refractivity contribution in [1.29, 1.82) is 0 Å². The summed E-state index contributed by atoms with van der Waals surface area (Å²) in [7, 11) is 2.25. The average Bonchev–Trinajstić information content (AvgIpc) is 2.77. The van der Waals surface area contributed by atoms with Crippen molar-refractivity contribution in [1.82, 2.24) is 10.2 Å². The molecule has 0 radical (unpaired) electrons. The van der Waals surface area contributed by atoms with E-state index in [0.717, 1.165) is 17.2 Å². The molecule has 1 aliphatic carbocycles. The van der Waals surface area contributed by atoms with Crippen LogP contribution < -0.4 is 5.32 Å². The number of rotatable bonds is 4. The van der Waals surface area contributed by atoms with Gasteiger partial charge >= 0.3 is 0 Å². The Hall–Kier alpha value is 0.270. The molecule has 0 aromatic rings. The van der Waals surface area contributed by atoms with Crippen LogP contribution in [-0.2, 0) is 0 Å². The molecule has 0 aromatic heterocycles. The van der Waals surface area contributed by atoms with Crippen LogP contribution in [0.15, 0.2) is 0 Å². The minimum Gasteiger partial charge on any atom is -0.310 e. The molecule has 100 valence electrons. The number of piperidine rings is 1. The first-order chi connectivity index (χ1) is 8.20. The van der Waals surface area contributed by atoms with Crippen LogP contribution in [0, 0.1) is 5.92 Å². The zero-order valence-electron chi connectivity index (χ0n) is 11.6. The molecular formula is C14H28N2S. The molecule has 2 nitrogen and oxygen atoms in total. The summed E-state index contributed by atoms with van der Waals surface area (Å²) in [6, 6.07) is 1.49. The van der Waals surface area contributed by atoms with E-state index in [9.17, 15) is 0 Å². The van der Waals surface area contributed by atoms with Gasteiger partial charge in [-0.25, -0.2) is 0 Å². The van der Waals surface area contributed by atoms with E-state index in [4.69, 9.17) is 0 Å². The van der Waals surface area contributed by atoms with Crippen molar-refractivity contribution in [3.8, 4) is 0 Å². The van der Waals surface area contributed by atoms with Crippen molar-refractivity contribution >= 4 is 11.8 Å². The van der Waals surface area contributed by atoms with Crippen LogP contribution in [-0.4, -0.2) is 48.6 Å². The third kappa shape index (κ3) is 3.62. The van der Waals surface area contributed by atoms with Gasteiger partial charge in [-0.05, 0) is 64.9 Å². The highest BCUT2D eigenvalue weighted by atomic mass is 32.2. The van der Waals surface area contributed by atoms with Crippen LogP contribution in [0.2, 0.25) is 0 Å². The highest BCUT2D eigenvalue weighted by molar-refractivity contribution is 7.99. The second-order valence-corrected chi connectivity index (χ2v) is 6.98. The first-order valence-corrected chi connectivity index (χ1v) is 8.47. The highest BCUT2D eigenvalue weighted by Gasteiger charge is 2.30. The predicted molar refractivity (Wildman–Crippen MR) is 77.8 cm³/mol. The number of hydrogen-bond donors (Lipinski definition) is 1. The molecule has 0 aromatic carbocycles. The van der Waals surface area contributed by atoms with Crippen molar-refractivity contribution in [2.24, 2.45) is 5.92 Å². The van der Waals surface area contributed by atoms with Gasteiger partial charge in [-0.2, -0.15) is 11.8 Å². The molecular weight excluding hydrogens is 228 g/mol. The molecule has 0 spiro atoms. The summed E-state index contributed by atoms with van der Waals surface area (Å²) in [5, 5.41) is 4.79. The van der Waals surface area contributed by atoms with Crippen molar-refractivity contribution in [3.63, 3.8) is 0 Å². The van der Waals surface area contributed by atoms with Gasteiger partial charge in [0.05, 0.1) is 0 Å². The maximum absolute atomic E-state index is 3.93. The molecule has 17 heavy (non-hydrogen) atoms. The zero-order valence-corrected chi connectivity index (χ0v) is 12.4. The second-order valence-electron chi connectivity index (χ2n) is 5.91. The van der Waals surface area contributed by atoms with Gasteiger partial charge in [-0.3, -0.25) is 0 Å². The lowest BCUT2D eigenvalue weighted by molar-refractivity contribution is 0.184. The fourth-order valence-corrected chi connectivity index (χ4v) is 4.35. The van der Waals surface area contributed by atoms with Gasteiger partial charge in [0.2, 0.25) is 0 Å². The summed E-state index contributed by atoms with van der Waals surface area (Å²) >= 11 is 2.06. The Morgan fingerprint density at radius 1 is 1.18 bits per heavy atom. The Balaban J connectivity index is 1.78. The maximum atomic E-state index is 3.93. The Labute approximate surface area is 111 Å². The lowest BCUT2D eigenvalue weighted by atomic mass is 9.90. The Morgan fingerprint density at radius 3 is 2.53 bits per heavy atom. The number of nitrogens with one attached hydrogen (secondary N) is 1. The van der Waals surface area contributed by atoms with Crippen LogP contribution >= 0.6 is 11.8 Å². The Bertz CT molecular complexity index is 226. The standard InChI is InChI=1S/C14H28N2S/c1-11(12-7-9-16(2)10-8-12)15-13-5-4-6-14(13)17-3/h11-15H,4-10H2,1-3H3. The van der Waals surface area contributed by atoms with Gasteiger partial charge in [0.1, 0.15) is 0 Å². The number of thioether (sulfide) groups is 1. The minimum absolute atomic E-state index is 0.710. The first kappa shape index (κ1) is 13.7. The molecule has 0 bridgehead atoms. The van der Waals surface area contributed by atoms with Gasteiger partial charge in [0.15, 0.2) is 0 Å². The van der Waals surface area contributed by atoms with Gasteiger partial charge < -0.3 is 10.2 Å². The van der Waals surface area contributed by atoms with Gasteiger partial charge in [-0.1, -0.05) is 6.42 Å². The van der Waals surface area contributed by atoms with E-state index in [1.54, 1.807) is 0 Å². The zero-order chi connectivity index (χ0) is 12.3. The minimum atomic E-state index is 0.710. The molecule has 3 unspecified atom stereocenters. The van der Waals surface area contributed by atoms with Crippen molar-refractivity contribution in [3.05, 3.63) is 0 Å². The van der Waals surface area contributed by atoms with Crippen LogP contribution in [0.5, 0.6) is 0 Å². The largest absolute Gasteiger partial charge is 0.310 e. The SMILES string of the molecule is CSC1CCCC1NC(C)C1CCN(C)CC1. The molecule has 0 amide bonds. The lowest BCUT2D eigenvalue weighted by Gasteiger charge is -2.35. The van der Waals surface area contributed by atoms with Crippen molar-refractivity contribution < 1.29 is 0 Å². The van der Waals surface area contributed by atoms with E-state index in [2.05, 4.69) is 42.2 Å². The molecule has 2 aliphatic rings. The molecule has 1 heterocycles. The number of nitrogens with zero attached hydrogens (tertiary/aromatic N) is 1. The van der Waals surface area contributed by atoms with Crippen LogP contribution in [0.3, 0.4) is 0 Å². The molecule has 3 atom stereocenters. The number of likely N-dealkylation sites (tertiary alicyclic amines) is 1. The molecule has 1 saturated heterocycles. The first-order valence-electron chi connectivity index (χ1n) is 7.18. The van der Waals surface area contributed by atoms with E-state index < -0.39 is 0 Å². The summed E-state index contributed by atoms with van der Waals surface area (Å²) < 4.78 is 0. The summed E-state index contributed by atoms with van der Waals surface area (Å²) in [4.78, 5) is 2.46. The average molecular weight is 256 g/mol. The molecule has 1 N–H and O–H groups in total. The van der Waals surface area contributed by atoms with E-state index >= 15 is 0 Å². The van der Waals surface area contributed by atoms with E-state index in [0.29, 0.717) is 6.04 Å². The fourth-order valence-electron chi connectivity index (χ4n) is 3.40. The summed E-state index contributed by atoms with van der Waals surface area (Å²) in [6.07, 6.45) is 9.25. The van der Waals surface area contributed by atoms with E-state index in [1.807, 2.05) is 0 Å². The third-order valence-corrected chi connectivity index (χ3v) is 5.87. The monoisotopic (exact) mass is 256 g/mol. The molecule has 3 heteroatoms. The predicted octanol–water partition coefficient (Wildman–Crippen LogP) is 2.59. The number of hydrogen-bond acceptors (Lipinski definition) is 3. The van der Waals surface area contributed by atoms with Crippen LogP contribution in [0.1, 0.15) is 39.0 Å². The Morgan fingerprint density at radius 2 is 1.88 bits per heavy atom. The van der Waals surface area contributed by atoms with Crippen molar-refractivity contribution in [2.75, 3.05) is 26.4 Å². The highest BCUT2D eigenvalue weighted by Crippen LogP contribution is 2.30. The quantitative estimate of drug-likeness (QED) is 0.832. The summed E-state index contributed by atoms with van der Waals surface area (Å²) in [5.74, 6) is 0.898. The van der Waals surface area contributed by atoms with Gasteiger partial charge in [0, 0.05) is 17.3 Å². The molecule has 2 rings (SSSR count). The topological polar surface area (TPSA) is 15.3 Å². The molecule has 2 fully saturated rings. The van der Waals surface area contributed by atoms with Crippen LogP contribution in [0.25, 0.3) is 0 Å². The maximum Gasteiger partial charge on any atom is 0.0198 e. The molecule has 1 saturated carbocycles. The van der Waals surface area contributed by atoms with Crippen LogP contribution in [0.4, 0.5) is 0 Å². The van der Waals surface area contributed by atoms with E-state index in [1.165, 1.54) is 45.2 Å².